The minimum Gasteiger partial charge on any atom is -0.504 e. The van der Waals surface area contributed by atoms with Gasteiger partial charge in [-0.3, -0.25) is 9.69 Å². The van der Waals surface area contributed by atoms with Gasteiger partial charge in [-0.2, -0.15) is 0 Å². The number of piperidine rings is 1. The number of carboxylic acid groups (broad SMARTS) is 2. The van der Waals surface area contributed by atoms with Gasteiger partial charge in [0, 0.05) is 26.1 Å². The quantitative estimate of drug-likeness (QED) is 0.380. The second kappa shape index (κ2) is 15.4. The number of amides is 1. The number of aliphatic carboxylic acids is 2. The van der Waals surface area contributed by atoms with Crippen molar-refractivity contribution in [2.24, 2.45) is 5.92 Å². The third-order valence-electron chi connectivity index (χ3n) is 6.41. The number of phenolic OH excluding ortho intramolecular Hbond substituents is 1. The molecule has 0 spiro atoms. The second-order valence-corrected chi connectivity index (χ2v) is 9.09. The number of hydrogen-bond donors (Lipinski definition) is 3. The van der Waals surface area contributed by atoms with Gasteiger partial charge in [-0.1, -0.05) is 12.1 Å². The van der Waals surface area contributed by atoms with Gasteiger partial charge in [0.25, 0.3) is 0 Å². The van der Waals surface area contributed by atoms with Crippen molar-refractivity contribution in [3.63, 3.8) is 0 Å². The Morgan fingerprint density at radius 1 is 0.923 bits per heavy atom. The molecule has 1 aliphatic heterocycles. The van der Waals surface area contributed by atoms with Crippen molar-refractivity contribution in [3.05, 3.63) is 47.5 Å². The average Bonchev–Trinajstić information content (AvgIpc) is 2.93. The minimum absolute atomic E-state index is 0.0652. The van der Waals surface area contributed by atoms with E-state index in [1.165, 1.54) is 0 Å². The van der Waals surface area contributed by atoms with Crippen LogP contribution in [0.3, 0.4) is 0 Å². The zero-order valence-corrected chi connectivity index (χ0v) is 22.9. The predicted octanol–water partition coefficient (Wildman–Crippen LogP) is 2.88. The van der Waals surface area contributed by atoms with Gasteiger partial charge in [0.2, 0.25) is 5.91 Å². The third-order valence-corrected chi connectivity index (χ3v) is 6.41. The monoisotopic (exact) mass is 546 g/mol. The molecule has 11 heteroatoms. The van der Waals surface area contributed by atoms with Crippen molar-refractivity contribution in [1.29, 1.82) is 0 Å². The van der Waals surface area contributed by atoms with Gasteiger partial charge in [-0.15, -0.1) is 0 Å². The molecular formula is C28H38N2O9. The molecule has 0 aliphatic carbocycles. The van der Waals surface area contributed by atoms with Crippen LogP contribution in [0, 0.1) is 5.92 Å². The maximum absolute atomic E-state index is 13.0. The lowest BCUT2D eigenvalue weighted by atomic mass is 9.95. The first kappa shape index (κ1) is 31.2. The Morgan fingerprint density at radius 3 is 2.08 bits per heavy atom. The summed E-state index contributed by atoms with van der Waals surface area (Å²) in [6.07, 6.45) is 2.48. The normalized spacial score (nSPS) is 13.5. The number of methoxy groups -OCH3 is 2. The summed E-state index contributed by atoms with van der Waals surface area (Å²) in [4.78, 5) is 35.4. The number of benzene rings is 2. The highest BCUT2D eigenvalue weighted by molar-refractivity contribution is 6.27. The van der Waals surface area contributed by atoms with Gasteiger partial charge < -0.3 is 34.4 Å². The molecular weight excluding hydrogens is 508 g/mol. The lowest BCUT2D eigenvalue weighted by molar-refractivity contribution is -0.159. The van der Waals surface area contributed by atoms with Crippen molar-refractivity contribution in [2.45, 2.75) is 32.7 Å². The maximum atomic E-state index is 13.0. The average molecular weight is 547 g/mol. The van der Waals surface area contributed by atoms with E-state index in [1.807, 2.05) is 49.2 Å². The molecule has 2 aromatic rings. The van der Waals surface area contributed by atoms with E-state index in [4.69, 9.17) is 34.0 Å². The Labute approximate surface area is 228 Å². The van der Waals surface area contributed by atoms with E-state index in [0.29, 0.717) is 30.4 Å². The highest BCUT2D eigenvalue weighted by Crippen LogP contribution is 2.29. The lowest BCUT2D eigenvalue weighted by Gasteiger charge is -2.33. The van der Waals surface area contributed by atoms with Crippen LogP contribution in [0.15, 0.2) is 36.4 Å². The molecule has 39 heavy (non-hydrogen) atoms. The van der Waals surface area contributed by atoms with Crippen LogP contribution in [-0.4, -0.2) is 90.5 Å². The fraction of sp³-hybridized carbons (Fsp3) is 0.464. The van der Waals surface area contributed by atoms with Crippen molar-refractivity contribution in [2.75, 3.05) is 47.5 Å². The number of nitrogens with zero attached hydrogens (tertiary/aromatic N) is 2. The highest BCUT2D eigenvalue weighted by Gasteiger charge is 2.27. The highest BCUT2D eigenvalue weighted by atomic mass is 16.5. The van der Waals surface area contributed by atoms with E-state index in [9.17, 15) is 9.90 Å². The first-order valence-electron chi connectivity index (χ1n) is 12.7. The lowest BCUT2D eigenvalue weighted by Crippen LogP contribution is -2.41. The van der Waals surface area contributed by atoms with Crippen LogP contribution in [0.1, 0.15) is 30.9 Å². The van der Waals surface area contributed by atoms with Crippen LogP contribution >= 0.6 is 0 Å². The van der Waals surface area contributed by atoms with Crippen molar-refractivity contribution in [3.8, 4) is 23.0 Å². The molecule has 11 nitrogen and oxygen atoms in total. The van der Waals surface area contributed by atoms with E-state index in [1.54, 1.807) is 20.3 Å². The van der Waals surface area contributed by atoms with Crippen LogP contribution in [0.25, 0.3) is 0 Å². The summed E-state index contributed by atoms with van der Waals surface area (Å²) in [6.45, 7) is 5.64. The molecule has 0 saturated carbocycles. The Kier molecular flexibility index (Phi) is 12.4. The standard InChI is InChI=1S/C26H36N2O5.C2H2O4/c1-5-33-24-17-20(6-8-22(24)29)18-28-14-11-21(12-15-28)26(30)27(2)13-10-19-7-9-23(31-3)25(16-19)32-4;3-1(4)2(5)6/h6-9,16-17,21,29H,5,10-15,18H2,1-4H3;(H,3,4)(H,5,6). The number of ether oxygens (including phenoxy) is 3. The fourth-order valence-corrected chi connectivity index (χ4v) is 4.28. The smallest absolute Gasteiger partial charge is 0.414 e. The molecule has 3 rings (SSSR count). The molecule has 1 fully saturated rings. The molecule has 1 amide bonds. The zero-order chi connectivity index (χ0) is 28.9. The molecule has 1 heterocycles. The van der Waals surface area contributed by atoms with Gasteiger partial charge in [0.15, 0.2) is 23.0 Å². The molecule has 0 unspecified atom stereocenters. The van der Waals surface area contributed by atoms with Gasteiger partial charge >= 0.3 is 11.9 Å². The number of likely N-dealkylation sites (N-methyl/N-ethyl adjacent to an activating group) is 1. The summed E-state index contributed by atoms with van der Waals surface area (Å²) in [5.74, 6) is -1.26. The van der Waals surface area contributed by atoms with E-state index >= 15 is 0 Å². The number of likely N-dealkylation sites (tertiary alicyclic amines) is 1. The molecule has 0 bridgehead atoms. The molecule has 2 aromatic carbocycles. The van der Waals surface area contributed by atoms with Crippen LogP contribution < -0.4 is 14.2 Å². The number of carbonyl (C=O) groups is 3. The SMILES string of the molecule is CCOc1cc(CN2CCC(C(=O)N(C)CCc3ccc(OC)c(OC)c3)CC2)ccc1O.O=C(O)C(=O)O. The third kappa shape index (κ3) is 9.68. The molecule has 214 valence electrons. The summed E-state index contributed by atoms with van der Waals surface area (Å²) in [5.41, 5.74) is 2.22. The van der Waals surface area contributed by atoms with E-state index in [0.717, 1.165) is 50.0 Å². The second-order valence-electron chi connectivity index (χ2n) is 9.09. The molecule has 1 saturated heterocycles. The maximum Gasteiger partial charge on any atom is 0.414 e. The summed E-state index contributed by atoms with van der Waals surface area (Å²) in [6, 6.07) is 11.4. The van der Waals surface area contributed by atoms with Gasteiger partial charge in [0.05, 0.1) is 20.8 Å². The molecule has 0 atom stereocenters. The molecule has 0 radical (unpaired) electrons. The predicted molar refractivity (Wildman–Crippen MR) is 143 cm³/mol. The van der Waals surface area contributed by atoms with Crippen molar-refractivity contribution >= 4 is 17.8 Å². The summed E-state index contributed by atoms with van der Waals surface area (Å²) < 4.78 is 16.2. The molecule has 1 aliphatic rings. The number of carboxylic acids is 2. The number of hydrogen-bond acceptors (Lipinski definition) is 8. The Balaban J connectivity index is 0.000000798. The first-order chi connectivity index (χ1) is 18.6. The number of carbonyl (C=O) groups excluding carboxylic acids is 1. The van der Waals surface area contributed by atoms with Crippen LogP contribution in [0.5, 0.6) is 23.0 Å². The Morgan fingerprint density at radius 2 is 1.51 bits per heavy atom. The Bertz CT molecular complexity index is 1100. The van der Waals surface area contributed by atoms with Crippen molar-refractivity contribution < 1.29 is 43.9 Å². The van der Waals surface area contributed by atoms with Gasteiger partial charge in [-0.25, -0.2) is 9.59 Å². The molecule has 3 N–H and O–H groups in total. The zero-order valence-electron chi connectivity index (χ0n) is 22.9. The topological polar surface area (TPSA) is 146 Å². The van der Waals surface area contributed by atoms with Crippen LogP contribution in [-0.2, 0) is 27.3 Å². The van der Waals surface area contributed by atoms with Gasteiger partial charge in [0.1, 0.15) is 0 Å². The largest absolute Gasteiger partial charge is 0.504 e. The van der Waals surface area contributed by atoms with E-state index in [-0.39, 0.29) is 17.6 Å². The number of rotatable bonds is 10. The van der Waals surface area contributed by atoms with Gasteiger partial charge in [-0.05, 0) is 74.7 Å². The number of phenols is 1. The van der Waals surface area contributed by atoms with Crippen LogP contribution in [0.2, 0.25) is 0 Å². The van der Waals surface area contributed by atoms with Crippen molar-refractivity contribution in [1.82, 2.24) is 9.80 Å². The number of aromatic hydroxyl groups is 1. The summed E-state index contributed by atoms with van der Waals surface area (Å²) >= 11 is 0. The minimum atomic E-state index is -1.82. The molecule has 0 aromatic heterocycles. The summed E-state index contributed by atoms with van der Waals surface area (Å²) in [7, 11) is 5.14. The fourth-order valence-electron chi connectivity index (χ4n) is 4.28. The van der Waals surface area contributed by atoms with E-state index < -0.39 is 11.9 Å². The van der Waals surface area contributed by atoms with Crippen LogP contribution in [0.4, 0.5) is 0 Å². The first-order valence-corrected chi connectivity index (χ1v) is 12.7. The summed E-state index contributed by atoms with van der Waals surface area (Å²) in [5, 5.41) is 24.7. The Hall–Kier alpha value is -3.99. The van der Waals surface area contributed by atoms with E-state index in [2.05, 4.69) is 4.90 Å².